The van der Waals surface area contributed by atoms with Gasteiger partial charge in [-0.05, 0) is 12.0 Å². The molecule has 2 rings (SSSR count). The highest BCUT2D eigenvalue weighted by atomic mass is 16.6. The number of nitro groups is 1. The molecular weight excluding hydrogens is 254 g/mol. The van der Waals surface area contributed by atoms with Crippen molar-refractivity contribution in [2.45, 2.75) is 19.8 Å². The number of allylic oxidation sites excluding steroid dienone is 1. The maximum atomic E-state index is 11.2. The van der Waals surface area contributed by atoms with Crippen LogP contribution in [0.2, 0.25) is 0 Å². The Balaban J connectivity index is 2.33. The van der Waals surface area contributed by atoms with Crippen molar-refractivity contribution in [1.29, 1.82) is 0 Å². The number of hydrogen-bond donors (Lipinski definition) is 0. The van der Waals surface area contributed by atoms with Crippen molar-refractivity contribution in [2.75, 3.05) is 0 Å². The van der Waals surface area contributed by atoms with Gasteiger partial charge in [-0.15, -0.1) is 0 Å². The van der Waals surface area contributed by atoms with E-state index in [1.165, 1.54) is 0 Å². The zero-order valence-electron chi connectivity index (χ0n) is 11.6. The highest BCUT2D eigenvalue weighted by molar-refractivity contribution is 5.53. The Morgan fingerprint density at radius 2 is 2.10 bits per heavy atom. The Morgan fingerprint density at radius 1 is 1.40 bits per heavy atom. The van der Waals surface area contributed by atoms with Crippen molar-refractivity contribution in [3.8, 4) is 0 Å². The van der Waals surface area contributed by atoms with Crippen LogP contribution in [-0.2, 0) is 19.9 Å². The lowest BCUT2D eigenvalue weighted by Crippen LogP contribution is -2.02. The first-order valence-corrected chi connectivity index (χ1v) is 6.51. The second-order valence-electron chi connectivity index (χ2n) is 4.61. The van der Waals surface area contributed by atoms with E-state index in [2.05, 4.69) is 5.10 Å². The number of rotatable bonds is 5. The van der Waals surface area contributed by atoms with E-state index >= 15 is 0 Å². The minimum Gasteiger partial charge on any atom is -0.275 e. The molecular formula is C15H17N3O2. The number of aryl methyl sites for hydroxylation is 2. The Labute approximate surface area is 117 Å². The highest BCUT2D eigenvalue weighted by Crippen LogP contribution is 2.16. The molecule has 0 unspecified atom stereocenters. The van der Waals surface area contributed by atoms with Crippen molar-refractivity contribution >= 4 is 6.08 Å². The Hall–Kier alpha value is -2.43. The van der Waals surface area contributed by atoms with Gasteiger partial charge < -0.3 is 0 Å². The molecule has 0 saturated carbocycles. The molecule has 2 aromatic rings. The molecule has 0 spiro atoms. The molecule has 20 heavy (non-hydrogen) atoms. The third-order valence-corrected chi connectivity index (χ3v) is 3.06. The van der Waals surface area contributed by atoms with Gasteiger partial charge in [-0.25, -0.2) is 0 Å². The Bertz CT molecular complexity index is 630. The van der Waals surface area contributed by atoms with Gasteiger partial charge in [0.05, 0.1) is 17.0 Å². The molecule has 0 amide bonds. The molecule has 0 saturated heterocycles. The second kappa shape index (κ2) is 6.14. The first-order valence-electron chi connectivity index (χ1n) is 6.51. The van der Waals surface area contributed by atoms with Crippen LogP contribution < -0.4 is 0 Å². The summed E-state index contributed by atoms with van der Waals surface area (Å²) in [6, 6.07) is 9.45. The first kappa shape index (κ1) is 14.0. The number of hydrogen-bond acceptors (Lipinski definition) is 3. The summed E-state index contributed by atoms with van der Waals surface area (Å²) in [6.07, 6.45) is 4.50. The fourth-order valence-corrected chi connectivity index (χ4v) is 2.10. The van der Waals surface area contributed by atoms with Gasteiger partial charge in [0.15, 0.2) is 0 Å². The van der Waals surface area contributed by atoms with Gasteiger partial charge in [-0.3, -0.25) is 14.8 Å². The molecule has 0 N–H and O–H groups in total. The predicted octanol–water partition coefficient (Wildman–Crippen LogP) is 2.84. The highest BCUT2D eigenvalue weighted by Gasteiger charge is 2.14. The quantitative estimate of drug-likeness (QED) is 0.620. The van der Waals surface area contributed by atoms with Crippen molar-refractivity contribution in [3.05, 3.63) is 69.2 Å². The van der Waals surface area contributed by atoms with Gasteiger partial charge in [-0.1, -0.05) is 37.3 Å². The van der Waals surface area contributed by atoms with Crippen LogP contribution in [0, 0.1) is 10.1 Å². The molecule has 104 valence electrons. The number of nitrogens with zero attached hydrogens (tertiary/aromatic N) is 3. The Morgan fingerprint density at radius 3 is 2.70 bits per heavy atom. The number of aromatic nitrogens is 2. The summed E-state index contributed by atoms with van der Waals surface area (Å²) >= 11 is 0. The Kier molecular flexibility index (Phi) is 4.30. The summed E-state index contributed by atoms with van der Waals surface area (Å²) in [6.45, 7) is 1.99. The van der Waals surface area contributed by atoms with E-state index < -0.39 is 0 Å². The maximum Gasteiger partial charge on any atom is 0.251 e. The molecule has 0 aliphatic heterocycles. The average Bonchev–Trinajstić information content (AvgIpc) is 2.79. The topological polar surface area (TPSA) is 61.0 Å². The molecule has 0 aliphatic rings. The van der Waals surface area contributed by atoms with E-state index in [9.17, 15) is 10.1 Å². The van der Waals surface area contributed by atoms with Crippen LogP contribution >= 0.6 is 0 Å². The van der Waals surface area contributed by atoms with Gasteiger partial charge >= 0.3 is 0 Å². The molecule has 1 aromatic carbocycles. The average molecular weight is 271 g/mol. The van der Waals surface area contributed by atoms with Gasteiger partial charge in [-0.2, -0.15) is 5.10 Å². The summed E-state index contributed by atoms with van der Waals surface area (Å²) < 4.78 is 1.69. The first-order chi connectivity index (χ1) is 9.60. The summed E-state index contributed by atoms with van der Waals surface area (Å²) in [5.74, 6) is 0. The third kappa shape index (κ3) is 3.32. The lowest BCUT2D eigenvalue weighted by Gasteiger charge is -2.00. The minimum absolute atomic E-state index is 0.180. The van der Waals surface area contributed by atoms with E-state index in [1.54, 1.807) is 10.8 Å². The smallest absolute Gasteiger partial charge is 0.251 e. The van der Waals surface area contributed by atoms with Gasteiger partial charge in [0, 0.05) is 24.9 Å². The molecule has 0 radical (unpaired) electrons. The zero-order chi connectivity index (χ0) is 14.5. The van der Waals surface area contributed by atoms with E-state index in [1.807, 2.05) is 50.5 Å². The molecule has 1 aromatic heterocycles. The van der Waals surface area contributed by atoms with Crippen LogP contribution in [0.4, 0.5) is 0 Å². The van der Waals surface area contributed by atoms with Gasteiger partial charge in [0.1, 0.15) is 0 Å². The summed E-state index contributed by atoms with van der Waals surface area (Å²) in [5, 5.41) is 15.5. The van der Waals surface area contributed by atoms with Crippen LogP contribution in [-0.4, -0.2) is 14.7 Å². The fourth-order valence-electron chi connectivity index (χ4n) is 2.10. The van der Waals surface area contributed by atoms with E-state index in [0.717, 1.165) is 23.2 Å². The zero-order valence-corrected chi connectivity index (χ0v) is 11.6. The largest absolute Gasteiger partial charge is 0.275 e. The minimum atomic E-state index is -0.320. The van der Waals surface area contributed by atoms with E-state index in [-0.39, 0.29) is 10.6 Å². The predicted molar refractivity (Wildman–Crippen MR) is 77.7 cm³/mol. The molecule has 5 nitrogen and oxygen atoms in total. The summed E-state index contributed by atoms with van der Waals surface area (Å²) in [4.78, 5) is 10.9. The second-order valence-corrected chi connectivity index (χ2v) is 4.61. The van der Waals surface area contributed by atoms with Crippen LogP contribution in [0.3, 0.4) is 0 Å². The van der Waals surface area contributed by atoms with Crippen LogP contribution in [0.1, 0.15) is 23.7 Å². The van der Waals surface area contributed by atoms with Gasteiger partial charge in [0.25, 0.3) is 5.70 Å². The van der Waals surface area contributed by atoms with Crippen molar-refractivity contribution < 1.29 is 4.92 Å². The lowest BCUT2D eigenvalue weighted by molar-refractivity contribution is -0.425. The van der Waals surface area contributed by atoms with Crippen molar-refractivity contribution in [3.63, 3.8) is 0 Å². The molecule has 5 heteroatoms. The fraction of sp³-hybridized carbons (Fsp3) is 0.267. The summed E-state index contributed by atoms with van der Waals surface area (Å²) in [7, 11) is 1.82. The van der Waals surface area contributed by atoms with Gasteiger partial charge in [0.2, 0.25) is 0 Å². The molecule has 0 fully saturated rings. The van der Waals surface area contributed by atoms with Crippen LogP contribution in [0.25, 0.3) is 6.08 Å². The lowest BCUT2D eigenvalue weighted by atomic mass is 10.1. The molecule has 0 aliphatic carbocycles. The van der Waals surface area contributed by atoms with Crippen LogP contribution in [0.5, 0.6) is 0 Å². The normalized spacial score (nSPS) is 11.6. The third-order valence-electron chi connectivity index (χ3n) is 3.06. The van der Waals surface area contributed by atoms with Crippen LogP contribution in [0.15, 0.2) is 42.2 Å². The van der Waals surface area contributed by atoms with E-state index in [0.29, 0.717) is 6.42 Å². The maximum absolute atomic E-state index is 11.2. The van der Waals surface area contributed by atoms with Crippen molar-refractivity contribution in [1.82, 2.24) is 9.78 Å². The molecule has 1 heterocycles. The standard InChI is InChI=1S/C15H17N3O2/c1-3-15-13(11-17(2)16-15)10-14(18(19)20)9-12-7-5-4-6-8-12/h4-8,10-11H,3,9H2,1-2H3/b14-10-. The van der Waals surface area contributed by atoms with Crippen molar-refractivity contribution in [2.24, 2.45) is 7.05 Å². The SMILES string of the molecule is CCc1nn(C)cc1/C=C(/Cc1ccccc1)[N+](=O)[O-]. The number of benzene rings is 1. The van der Waals surface area contributed by atoms with E-state index in [4.69, 9.17) is 0 Å². The summed E-state index contributed by atoms with van der Waals surface area (Å²) in [5.41, 5.74) is 2.80. The monoisotopic (exact) mass is 271 g/mol. The molecule has 0 atom stereocenters. The molecule has 0 bridgehead atoms.